The Morgan fingerprint density at radius 1 is 0.870 bits per heavy atom. The monoisotopic (exact) mass is 332 g/mol. The zero-order valence-electron chi connectivity index (χ0n) is 13.4. The molecule has 0 amide bonds. The number of carbonyl (C=O) groups excluding carboxylic acids is 4. The van der Waals surface area contributed by atoms with E-state index in [1.807, 2.05) is 0 Å². The number of ether oxygens (including phenoxy) is 5. The molecule has 1 heterocycles. The fraction of sp³-hybridized carbons (Fsp3) is 0.714. The van der Waals surface area contributed by atoms with E-state index in [4.69, 9.17) is 23.7 Å². The largest absolute Gasteiger partial charge is 0.463 e. The van der Waals surface area contributed by atoms with Crippen molar-refractivity contribution in [2.24, 2.45) is 0 Å². The van der Waals surface area contributed by atoms with E-state index >= 15 is 0 Å². The molecular formula is C14H20O9. The van der Waals surface area contributed by atoms with Crippen LogP contribution in [-0.2, 0) is 42.9 Å². The quantitative estimate of drug-likeness (QED) is 0.510. The predicted octanol–water partition coefficient (Wildman–Crippen LogP) is 0.0910. The second kappa shape index (κ2) is 8.47. The Kier molecular flexibility index (Phi) is 6.95. The number of carbonyl (C=O) groups is 4. The molecule has 23 heavy (non-hydrogen) atoms. The van der Waals surface area contributed by atoms with Gasteiger partial charge in [-0.25, -0.2) is 0 Å². The zero-order valence-corrected chi connectivity index (χ0v) is 13.4. The van der Waals surface area contributed by atoms with Crippen LogP contribution in [0.4, 0.5) is 0 Å². The van der Waals surface area contributed by atoms with Gasteiger partial charge in [0, 0.05) is 27.7 Å². The lowest BCUT2D eigenvalue weighted by Crippen LogP contribution is -2.54. The topological polar surface area (TPSA) is 114 Å². The first-order valence-corrected chi connectivity index (χ1v) is 6.99. The van der Waals surface area contributed by atoms with E-state index in [0.717, 1.165) is 0 Å². The molecule has 0 aliphatic carbocycles. The van der Waals surface area contributed by atoms with Gasteiger partial charge in [0.1, 0.15) is 18.8 Å². The summed E-state index contributed by atoms with van der Waals surface area (Å²) in [4.78, 5) is 44.6. The molecule has 9 heteroatoms. The highest BCUT2D eigenvalue weighted by atomic mass is 16.7. The van der Waals surface area contributed by atoms with Crippen LogP contribution in [0.15, 0.2) is 0 Å². The summed E-state index contributed by atoms with van der Waals surface area (Å²) in [5, 5.41) is 0. The highest BCUT2D eigenvalue weighted by Crippen LogP contribution is 2.27. The molecule has 0 bridgehead atoms. The maximum absolute atomic E-state index is 11.3. The van der Waals surface area contributed by atoms with Gasteiger partial charge in [-0.3, -0.25) is 19.2 Å². The van der Waals surface area contributed by atoms with E-state index < -0.39 is 48.5 Å². The summed E-state index contributed by atoms with van der Waals surface area (Å²) in [5.74, 6) is -2.36. The summed E-state index contributed by atoms with van der Waals surface area (Å²) in [6.45, 7) is 4.54. The van der Waals surface area contributed by atoms with Gasteiger partial charge in [0.05, 0.1) is 6.42 Å². The molecule has 1 fully saturated rings. The lowest BCUT2D eigenvalue weighted by atomic mass is 10.0. The second-order valence-corrected chi connectivity index (χ2v) is 4.97. The molecular weight excluding hydrogens is 312 g/mol. The van der Waals surface area contributed by atoms with Crippen molar-refractivity contribution in [2.45, 2.75) is 58.7 Å². The van der Waals surface area contributed by atoms with Crippen molar-refractivity contribution in [3.8, 4) is 0 Å². The van der Waals surface area contributed by atoms with Crippen LogP contribution in [-0.4, -0.2) is 55.1 Å². The molecule has 0 aromatic heterocycles. The molecule has 1 rings (SSSR count). The molecule has 130 valence electrons. The Hall–Kier alpha value is -2.16. The normalized spacial score (nSPS) is 26.8. The SMILES string of the molecule is CC(=O)OCC1O[C@H](OC(C)=O)CC(OC(C)=O)[C@@H]1OC(C)=O. The van der Waals surface area contributed by atoms with Gasteiger partial charge < -0.3 is 23.7 Å². The van der Waals surface area contributed by atoms with Gasteiger partial charge in [-0.2, -0.15) is 0 Å². The summed E-state index contributed by atoms with van der Waals surface area (Å²) in [6, 6.07) is 0. The van der Waals surface area contributed by atoms with Gasteiger partial charge in [-0.15, -0.1) is 0 Å². The van der Waals surface area contributed by atoms with Crippen LogP contribution in [0.5, 0.6) is 0 Å². The average Bonchev–Trinajstić information content (AvgIpc) is 2.37. The number of esters is 4. The number of rotatable bonds is 5. The molecule has 1 aliphatic heterocycles. The van der Waals surface area contributed by atoms with Gasteiger partial charge >= 0.3 is 23.9 Å². The fourth-order valence-electron chi connectivity index (χ4n) is 2.16. The van der Waals surface area contributed by atoms with Crippen LogP contribution >= 0.6 is 0 Å². The molecule has 0 saturated carbocycles. The predicted molar refractivity (Wildman–Crippen MR) is 72.8 cm³/mol. The van der Waals surface area contributed by atoms with Crippen molar-refractivity contribution in [3.05, 3.63) is 0 Å². The lowest BCUT2D eigenvalue weighted by molar-refractivity contribution is -0.260. The smallest absolute Gasteiger partial charge is 0.304 e. The third-order valence-corrected chi connectivity index (χ3v) is 2.85. The standard InChI is InChI=1S/C14H20O9/c1-7(15)19-6-12-14(22-10(4)18)11(20-8(2)16)5-13(23-12)21-9(3)17/h11-14H,5-6H2,1-4H3/t11?,12?,13-,14-/m0/s1. The summed E-state index contributed by atoms with van der Waals surface area (Å²) < 4.78 is 25.6. The Morgan fingerprint density at radius 3 is 1.91 bits per heavy atom. The minimum Gasteiger partial charge on any atom is -0.463 e. The third kappa shape index (κ3) is 6.64. The van der Waals surface area contributed by atoms with E-state index in [9.17, 15) is 19.2 Å². The van der Waals surface area contributed by atoms with Crippen LogP contribution in [0.2, 0.25) is 0 Å². The van der Waals surface area contributed by atoms with Crippen molar-refractivity contribution in [3.63, 3.8) is 0 Å². The van der Waals surface area contributed by atoms with E-state index in [-0.39, 0.29) is 13.0 Å². The van der Waals surface area contributed by atoms with Gasteiger partial charge in [0.15, 0.2) is 6.10 Å². The molecule has 0 radical (unpaired) electrons. The summed E-state index contributed by atoms with van der Waals surface area (Å²) in [5.41, 5.74) is 0. The van der Waals surface area contributed by atoms with E-state index in [1.165, 1.54) is 27.7 Å². The van der Waals surface area contributed by atoms with Gasteiger partial charge in [0.25, 0.3) is 0 Å². The average molecular weight is 332 g/mol. The first kappa shape index (κ1) is 18.9. The number of hydrogen-bond acceptors (Lipinski definition) is 9. The minimum absolute atomic E-state index is 0.00627. The van der Waals surface area contributed by atoms with Crippen molar-refractivity contribution in [1.29, 1.82) is 0 Å². The molecule has 1 aliphatic rings. The van der Waals surface area contributed by atoms with E-state index in [2.05, 4.69) is 0 Å². The fourth-order valence-corrected chi connectivity index (χ4v) is 2.16. The highest BCUT2D eigenvalue weighted by Gasteiger charge is 2.44. The van der Waals surface area contributed by atoms with Gasteiger partial charge in [-0.1, -0.05) is 0 Å². The summed E-state index contributed by atoms with van der Waals surface area (Å²) in [6.07, 6.45) is -3.83. The first-order valence-electron chi connectivity index (χ1n) is 6.99. The van der Waals surface area contributed by atoms with Crippen LogP contribution in [0, 0.1) is 0 Å². The van der Waals surface area contributed by atoms with Crippen molar-refractivity contribution < 1.29 is 42.9 Å². The molecule has 4 atom stereocenters. The molecule has 0 aromatic carbocycles. The lowest BCUT2D eigenvalue weighted by Gasteiger charge is -2.39. The van der Waals surface area contributed by atoms with Gasteiger partial charge in [-0.05, 0) is 0 Å². The van der Waals surface area contributed by atoms with Crippen molar-refractivity contribution in [2.75, 3.05) is 6.61 Å². The highest BCUT2D eigenvalue weighted by molar-refractivity contribution is 5.68. The molecule has 9 nitrogen and oxygen atoms in total. The molecule has 2 unspecified atom stereocenters. The summed E-state index contributed by atoms with van der Waals surface area (Å²) >= 11 is 0. The minimum atomic E-state index is -1.01. The maximum Gasteiger partial charge on any atom is 0.304 e. The third-order valence-electron chi connectivity index (χ3n) is 2.85. The van der Waals surface area contributed by atoms with Crippen LogP contribution in [0.3, 0.4) is 0 Å². The van der Waals surface area contributed by atoms with Crippen LogP contribution in [0.25, 0.3) is 0 Å². The Bertz CT molecular complexity index is 473. The van der Waals surface area contributed by atoms with Gasteiger partial charge in [0.2, 0.25) is 6.29 Å². The maximum atomic E-state index is 11.3. The Labute approximate surface area is 133 Å². The molecule has 0 N–H and O–H groups in total. The van der Waals surface area contributed by atoms with E-state index in [1.54, 1.807) is 0 Å². The Morgan fingerprint density at radius 2 is 1.43 bits per heavy atom. The van der Waals surface area contributed by atoms with Crippen molar-refractivity contribution >= 4 is 23.9 Å². The number of hydrogen-bond donors (Lipinski definition) is 0. The molecule has 1 saturated heterocycles. The molecule has 0 aromatic rings. The van der Waals surface area contributed by atoms with E-state index in [0.29, 0.717) is 0 Å². The summed E-state index contributed by atoms with van der Waals surface area (Å²) in [7, 11) is 0. The van der Waals surface area contributed by atoms with Crippen LogP contribution < -0.4 is 0 Å². The second-order valence-electron chi connectivity index (χ2n) is 4.97. The van der Waals surface area contributed by atoms with Crippen molar-refractivity contribution in [1.82, 2.24) is 0 Å². The Balaban J connectivity index is 2.94. The van der Waals surface area contributed by atoms with Crippen LogP contribution in [0.1, 0.15) is 34.1 Å². The zero-order chi connectivity index (χ0) is 17.6. The molecule has 0 spiro atoms. The first-order chi connectivity index (χ1) is 10.7.